The maximum atomic E-state index is 18.0. The van der Waals surface area contributed by atoms with Gasteiger partial charge in [0.15, 0.2) is 0 Å². The number of hydrogen-bond donors (Lipinski definition) is 0. The van der Waals surface area contributed by atoms with Gasteiger partial charge < -0.3 is 27.4 Å². The molecule has 0 aliphatic rings. The predicted octanol–water partition coefficient (Wildman–Crippen LogP) is 21.8. The van der Waals surface area contributed by atoms with Gasteiger partial charge in [-0.3, -0.25) is 0 Å². The monoisotopic (exact) mass is 1210 g/mol. The van der Waals surface area contributed by atoms with Gasteiger partial charge in [-0.25, -0.2) is 4.39 Å². The molecule has 95 heavy (non-hydrogen) atoms. The van der Waals surface area contributed by atoms with Crippen LogP contribution in [-0.2, 0) is 0 Å². The van der Waals surface area contributed by atoms with Gasteiger partial charge in [-0.05, 0) is 152 Å². The van der Waals surface area contributed by atoms with Gasteiger partial charge in [0.05, 0.1) is 101 Å². The van der Waals surface area contributed by atoms with Gasteiger partial charge in [0.1, 0.15) is 5.82 Å². The van der Waals surface area contributed by atoms with E-state index >= 15 is 4.39 Å². The molecule has 6 heterocycles. The fourth-order valence-corrected chi connectivity index (χ4v) is 16.0. The van der Waals surface area contributed by atoms with Gasteiger partial charge in [-0.2, -0.15) is 10.5 Å². The molecule has 9 heteroatoms. The Labute approximate surface area is 541 Å². The Hall–Kier alpha value is -13.2. The maximum absolute atomic E-state index is 18.0. The lowest BCUT2D eigenvalue weighted by Gasteiger charge is -2.21. The molecule has 0 atom stereocenters. The molecule has 0 N–H and O–H groups in total. The summed E-state index contributed by atoms with van der Waals surface area (Å²) in [6.07, 6.45) is 0. The molecule has 14 aromatic carbocycles. The van der Waals surface area contributed by atoms with Crippen molar-refractivity contribution in [3.63, 3.8) is 0 Å². The van der Waals surface area contributed by atoms with Crippen LogP contribution in [0, 0.1) is 28.5 Å². The van der Waals surface area contributed by atoms with Crippen molar-refractivity contribution < 1.29 is 4.39 Å². The van der Waals surface area contributed by atoms with Crippen LogP contribution in [0.3, 0.4) is 0 Å². The van der Waals surface area contributed by atoms with E-state index in [1.807, 2.05) is 12.1 Å². The first-order valence-electron chi connectivity index (χ1n) is 31.9. The summed E-state index contributed by atoms with van der Waals surface area (Å²) in [5.41, 5.74) is 18.6. The van der Waals surface area contributed by atoms with E-state index in [2.05, 4.69) is 306 Å². The Morgan fingerprint density at radius 2 is 0.463 bits per heavy atom. The van der Waals surface area contributed by atoms with Crippen LogP contribution in [0.15, 0.2) is 297 Å². The molecule has 0 spiro atoms. The first kappa shape index (κ1) is 52.6. The minimum atomic E-state index is -0.567. The predicted molar refractivity (Wildman–Crippen MR) is 387 cm³/mol. The number of nitrogens with zero attached hydrogens (tertiary/aromatic N) is 8. The Morgan fingerprint density at radius 3 is 0.705 bits per heavy atom. The smallest absolute Gasteiger partial charge is 0.132 e. The SMILES string of the molecule is N#Cc1ccc(-c2c(-n3c4ccc(-n5c6ccccc6c6ccccc65)cc4c4cc(-n5c6ccccc6c6ccccc65)ccc43)cc(C#N)cc2-n2c3ccc(-n4c5ccccc5c5ccccc54)cc3c3cc(-n4c5ccccc5c5ccccc54)ccc32)c(F)c1. The molecule has 0 fully saturated rings. The lowest BCUT2D eigenvalue weighted by Crippen LogP contribution is -2.06. The van der Waals surface area contributed by atoms with E-state index in [0.717, 1.165) is 154 Å². The highest BCUT2D eigenvalue weighted by atomic mass is 19.1. The van der Waals surface area contributed by atoms with E-state index in [9.17, 15) is 10.5 Å². The number of aromatic nitrogens is 6. The topological polar surface area (TPSA) is 77.2 Å². The minimum absolute atomic E-state index is 0.196. The van der Waals surface area contributed by atoms with Crippen molar-refractivity contribution in [1.29, 1.82) is 10.5 Å². The van der Waals surface area contributed by atoms with Gasteiger partial charge in [-0.1, -0.05) is 146 Å². The third-order valence-corrected chi connectivity index (χ3v) is 19.9. The lowest BCUT2D eigenvalue weighted by atomic mass is 9.96. The molecular weight excluding hydrogens is 1160 g/mol. The summed E-state index contributed by atoms with van der Waals surface area (Å²) in [4.78, 5) is 0. The van der Waals surface area contributed by atoms with Gasteiger partial charge in [-0.15, -0.1) is 0 Å². The maximum Gasteiger partial charge on any atom is 0.132 e. The molecule has 0 unspecified atom stereocenters. The quantitative estimate of drug-likeness (QED) is 0.159. The highest BCUT2D eigenvalue weighted by Crippen LogP contribution is 2.47. The van der Waals surface area contributed by atoms with Crippen molar-refractivity contribution in [2.45, 2.75) is 0 Å². The molecule has 8 nitrogen and oxygen atoms in total. The van der Waals surface area contributed by atoms with Crippen LogP contribution < -0.4 is 0 Å². The molecule has 0 bridgehead atoms. The summed E-state index contributed by atoms with van der Waals surface area (Å²) in [6.45, 7) is 0. The number of nitriles is 2. The van der Waals surface area contributed by atoms with Crippen LogP contribution in [0.1, 0.15) is 11.1 Å². The van der Waals surface area contributed by atoms with Gasteiger partial charge in [0.2, 0.25) is 0 Å². The summed E-state index contributed by atoms with van der Waals surface area (Å²) < 4.78 is 31.8. The Morgan fingerprint density at radius 1 is 0.221 bits per heavy atom. The standard InChI is InChI=1S/C86H49FN8/c87-71-43-52(50-88)33-38-66(71)86-84(94-80-39-34-54(90-72-25-9-1-17-58(72)59-18-2-10-26-73(59)90)46-67(80)68-47-55(35-40-81(68)94)91-74-27-11-3-19-60(74)61-20-4-12-28-75(61)91)44-53(51-89)45-85(86)95-82-41-36-56(92-76-29-13-5-21-62(76)63-22-6-14-30-77(63)92)48-69(82)70-49-57(37-42-83(70)95)93-78-31-15-7-23-64(78)65-24-8-16-32-79(65)93/h1-49H. The Balaban J connectivity index is 0.910. The summed E-state index contributed by atoms with van der Waals surface area (Å²) in [5, 5.41) is 35.0. The largest absolute Gasteiger partial charge is 0.309 e. The number of fused-ring (bicyclic) bond motifs is 18. The van der Waals surface area contributed by atoms with E-state index in [-0.39, 0.29) is 11.1 Å². The van der Waals surface area contributed by atoms with Crippen LogP contribution in [0.25, 0.3) is 176 Å². The molecule has 0 amide bonds. The van der Waals surface area contributed by atoms with Crippen LogP contribution in [0.5, 0.6) is 0 Å². The summed E-state index contributed by atoms with van der Waals surface area (Å²) in [5.74, 6) is -0.567. The van der Waals surface area contributed by atoms with Gasteiger partial charge in [0.25, 0.3) is 0 Å². The minimum Gasteiger partial charge on any atom is -0.309 e. The van der Waals surface area contributed by atoms with Crippen molar-refractivity contribution in [3.8, 4) is 57.4 Å². The molecule has 0 aliphatic carbocycles. The van der Waals surface area contributed by atoms with Crippen molar-refractivity contribution in [1.82, 2.24) is 27.4 Å². The zero-order chi connectivity index (χ0) is 62.7. The number of benzene rings is 14. The van der Waals surface area contributed by atoms with Crippen molar-refractivity contribution in [2.24, 2.45) is 0 Å². The third-order valence-electron chi connectivity index (χ3n) is 19.9. The zero-order valence-electron chi connectivity index (χ0n) is 50.7. The van der Waals surface area contributed by atoms with Gasteiger partial charge in [0, 0.05) is 98.5 Å². The molecule has 6 aromatic heterocycles. The normalized spacial score (nSPS) is 12.0. The van der Waals surface area contributed by atoms with E-state index < -0.39 is 5.82 Å². The van der Waals surface area contributed by atoms with Crippen LogP contribution in [-0.4, -0.2) is 27.4 Å². The molecule has 0 aliphatic heterocycles. The summed E-state index contributed by atoms with van der Waals surface area (Å²) >= 11 is 0. The highest BCUT2D eigenvalue weighted by Gasteiger charge is 2.28. The second-order valence-electron chi connectivity index (χ2n) is 24.8. The second kappa shape index (κ2) is 19.9. The molecule has 440 valence electrons. The van der Waals surface area contributed by atoms with E-state index in [1.54, 1.807) is 12.1 Å². The molecule has 0 saturated heterocycles. The fraction of sp³-hybridized carbons (Fsp3) is 0. The Kier molecular flexibility index (Phi) is 11.0. The number of hydrogen-bond acceptors (Lipinski definition) is 2. The Bertz CT molecular complexity index is 5920. The molecule has 20 rings (SSSR count). The van der Waals surface area contributed by atoms with E-state index in [0.29, 0.717) is 22.5 Å². The molecule has 0 radical (unpaired) electrons. The van der Waals surface area contributed by atoms with Crippen molar-refractivity contribution in [2.75, 3.05) is 0 Å². The number of para-hydroxylation sites is 8. The average Bonchev–Trinajstić information content (AvgIpc) is 1.63. The van der Waals surface area contributed by atoms with Crippen LogP contribution >= 0.6 is 0 Å². The van der Waals surface area contributed by atoms with Crippen molar-refractivity contribution >= 4 is 131 Å². The highest BCUT2D eigenvalue weighted by molar-refractivity contribution is 6.17. The number of rotatable bonds is 7. The second-order valence-corrected chi connectivity index (χ2v) is 24.8. The average molecular weight is 1210 g/mol. The van der Waals surface area contributed by atoms with E-state index in [1.165, 1.54) is 6.07 Å². The molecular formula is C86H49FN8. The van der Waals surface area contributed by atoms with Crippen molar-refractivity contribution in [3.05, 3.63) is 314 Å². The fourth-order valence-electron chi connectivity index (χ4n) is 16.0. The third kappa shape index (κ3) is 7.43. The van der Waals surface area contributed by atoms with Crippen LogP contribution in [0.2, 0.25) is 0 Å². The lowest BCUT2D eigenvalue weighted by molar-refractivity contribution is 0.630. The summed E-state index contributed by atoms with van der Waals surface area (Å²) in [6, 6.07) is 108. The first-order valence-corrected chi connectivity index (χ1v) is 31.9. The van der Waals surface area contributed by atoms with Crippen LogP contribution in [0.4, 0.5) is 4.39 Å². The summed E-state index contributed by atoms with van der Waals surface area (Å²) in [7, 11) is 0. The number of halogens is 1. The molecule has 20 aromatic rings. The van der Waals surface area contributed by atoms with E-state index in [4.69, 9.17) is 0 Å². The first-order chi connectivity index (χ1) is 47.0. The zero-order valence-corrected chi connectivity index (χ0v) is 50.7. The van der Waals surface area contributed by atoms with Gasteiger partial charge >= 0.3 is 0 Å². The molecule has 0 saturated carbocycles.